The molecule has 0 unspecified atom stereocenters. The number of para-hydroxylation sites is 1. The molecule has 0 fully saturated rings. The van der Waals surface area contributed by atoms with Crippen molar-refractivity contribution in [2.75, 3.05) is 6.26 Å². The Morgan fingerprint density at radius 3 is 2.52 bits per heavy atom. The van der Waals surface area contributed by atoms with Crippen molar-refractivity contribution in [1.29, 1.82) is 0 Å². The fraction of sp³-hybridized carbons (Fsp3) is 0.111. The highest BCUT2D eigenvalue weighted by Crippen LogP contribution is 2.31. The molecule has 0 radical (unpaired) electrons. The maximum atomic E-state index is 12.8. The number of rotatable bonds is 2. The molecule has 0 saturated carbocycles. The number of hydrogen-bond acceptors (Lipinski definition) is 4. The Hall–Kier alpha value is -2.53. The summed E-state index contributed by atoms with van der Waals surface area (Å²) in [7, 11) is 0. The Morgan fingerprint density at radius 1 is 1.04 bits per heavy atom. The van der Waals surface area contributed by atoms with Gasteiger partial charge in [0.2, 0.25) is 5.76 Å². The lowest BCUT2D eigenvalue weighted by molar-refractivity contribution is 0.0938. The van der Waals surface area contributed by atoms with E-state index >= 15 is 0 Å². The molecule has 114 valence electrons. The molecule has 1 aromatic heterocycles. The summed E-state index contributed by atoms with van der Waals surface area (Å²) in [5.74, 6) is -0.227. The molecule has 0 saturated heterocycles. The summed E-state index contributed by atoms with van der Waals surface area (Å²) in [6.45, 7) is 0. The topological polar surface area (TPSA) is 59.3 Å². The number of hydrogen-bond donors (Lipinski definition) is 1. The average molecular weight is 323 g/mol. The second-order valence-electron chi connectivity index (χ2n) is 5.35. The molecular formula is C18H13NO3S. The van der Waals surface area contributed by atoms with E-state index < -0.39 is 6.04 Å². The average Bonchev–Trinajstić information content (AvgIpc) is 2.92. The second kappa shape index (κ2) is 5.28. The van der Waals surface area contributed by atoms with Gasteiger partial charge < -0.3 is 9.73 Å². The lowest BCUT2D eigenvalue weighted by Crippen LogP contribution is -2.21. The third-order valence-electron chi connectivity index (χ3n) is 4.05. The quantitative estimate of drug-likeness (QED) is 0.735. The fourth-order valence-electron chi connectivity index (χ4n) is 2.90. The molecule has 2 heterocycles. The zero-order valence-electron chi connectivity index (χ0n) is 12.3. The van der Waals surface area contributed by atoms with Gasteiger partial charge in [-0.3, -0.25) is 9.59 Å². The van der Waals surface area contributed by atoms with E-state index in [-0.39, 0.29) is 17.1 Å². The van der Waals surface area contributed by atoms with E-state index in [1.165, 1.54) is 0 Å². The lowest BCUT2D eigenvalue weighted by atomic mass is 9.99. The molecule has 0 spiro atoms. The third-order valence-corrected chi connectivity index (χ3v) is 4.80. The van der Waals surface area contributed by atoms with E-state index in [9.17, 15) is 9.59 Å². The van der Waals surface area contributed by atoms with Crippen LogP contribution in [0, 0.1) is 0 Å². The summed E-state index contributed by atoms with van der Waals surface area (Å²) in [4.78, 5) is 26.2. The predicted molar refractivity (Wildman–Crippen MR) is 90.0 cm³/mol. The second-order valence-corrected chi connectivity index (χ2v) is 6.23. The highest BCUT2D eigenvalue weighted by atomic mass is 32.2. The Morgan fingerprint density at radius 2 is 1.78 bits per heavy atom. The van der Waals surface area contributed by atoms with Gasteiger partial charge in [0, 0.05) is 4.90 Å². The van der Waals surface area contributed by atoms with Crippen molar-refractivity contribution in [3.63, 3.8) is 0 Å². The summed E-state index contributed by atoms with van der Waals surface area (Å²) in [6, 6.07) is 14.3. The molecule has 1 amide bonds. The monoisotopic (exact) mass is 323 g/mol. The normalized spacial score (nSPS) is 16.4. The zero-order chi connectivity index (χ0) is 16.0. The largest absolute Gasteiger partial charge is 0.450 e. The highest BCUT2D eigenvalue weighted by Gasteiger charge is 2.35. The van der Waals surface area contributed by atoms with E-state index in [1.54, 1.807) is 36.0 Å². The van der Waals surface area contributed by atoms with Crippen LogP contribution < -0.4 is 10.7 Å². The molecular weight excluding hydrogens is 310 g/mol. The Labute approximate surface area is 136 Å². The van der Waals surface area contributed by atoms with E-state index in [0.29, 0.717) is 16.5 Å². The molecule has 1 atom stereocenters. The van der Waals surface area contributed by atoms with Crippen LogP contribution in [0.3, 0.4) is 0 Å². The van der Waals surface area contributed by atoms with Gasteiger partial charge in [-0.25, -0.2) is 0 Å². The zero-order valence-corrected chi connectivity index (χ0v) is 13.1. The number of amides is 1. The molecule has 3 aromatic rings. The van der Waals surface area contributed by atoms with Crippen molar-refractivity contribution >= 4 is 28.6 Å². The molecule has 0 bridgehead atoms. The minimum atomic E-state index is -0.464. The maximum absolute atomic E-state index is 12.8. The van der Waals surface area contributed by atoms with Crippen molar-refractivity contribution in [2.45, 2.75) is 10.9 Å². The van der Waals surface area contributed by atoms with Gasteiger partial charge >= 0.3 is 0 Å². The van der Waals surface area contributed by atoms with Gasteiger partial charge in [-0.1, -0.05) is 24.3 Å². The first-order valence-corrected chi connectivity index (χ1v) is 8.42. The van der Waals surface area contributed by atoms with Gasteiger partial charge in [0.25, 0.3) is 5.91 Å². The highest BCUT2D eigenvalue weighted by molar-refractivity contribution is 7.98. The number of carbonyl (C=O) groups excluding carboxylic acids is 1. The minimum Gasteiger partial charge on any atom is -0.450 e. The van der Waals surface area contributed by atoms with Gasteiger partial charge in [-0.15, -0.1) is 11.8 Å². The predicted octanol–water partition coefficient (Wildman–Crippen LogP) is 3.35. The van der Waals surface area contributed by atoms with E-state index in [4.69, 9.17) is 4.42 Å². The van der Waals surface area contributed by atoms with Gasteiger partial charge in [0.05, 0.1) is 17.0 Å². The summed E-state index contributed by atoms with van der Waals surface area (Å²) in [5, 5.41) is 3.34. The fourth-order valence-corrected chi connectivity index (χ4v) is 3.31. The van der Waals surface area contributed by atoms with E-state index in [1.807, 2.05) is 30.5 Å². The Kier molecular flexibility index (Phi) is 3.23. The third kappa shape index (κ3) is 2.16. The van der Waals surface area contributed by atoms with E-state index in [0.717, 1.165) is 10.5 Å². The molecule has 5 heteroatoms. The van der Waals surface area contributed by atoms with Crippen LogP contribution in [0.2, 0.25) is 0 Å². The molecule has 4 nitrogen and oxygen atoms in total. The van der Waals surface area contributed by atoms with Gasteiger partial charge in [0.1, 0.15) is 5.58 Å². The number of benzene rings is 2. The number of carbonyl (C=O) groups is 1. The summed E-state index contributed by atoms with van der Waals surface area (Å²) >= 11 is 1.64. The van der Waals surface area contributed by atoms with Crippen LogP contribution in [0.15, 0.2) is 62.6 Å². The van der Waals surface area contributed by atoms with Crippen molar-refractivity contribution in [3.8, 4) is 0 Å². The minimum absolute atomic E-state index is 0.118. The SMILES string of the molecule is CSc1ccc([C@H]2NC(=O)c3oc4ccccc4c(=O)c32)cc1. The Balaban J connectivity index is 1.93. The number of thioether (sulfide) groups is 1. The molecule has 1 aliphatic heterocycles. The standard InChI is InChI=1S/C18H13NO3S/c1-23-11-8-6-10(7-9-11)15-14-16(20)12-4-2-3-5-13(12)22-17(14)18(21)19-15/h2-9,15H,1H3,(H,19,21)/t15-/m1/s1. The van der Waals surface area contributed by atoms with Crippen molar-refractivity contribution in [3.05, 3.63) is 75.6 Å². The maximum Gasteiger partial charge on any atom is 0.288 e. The first-order chi connectivity index (χ1) is 11.2. The van der Waals surface area contributed by atoms with Gasteiger partial charge in [0.15, 0.2) is 5.43 Å². The molecule has 4 rings (SSSR count). The van der Waals surface area contributed by atoms with Gasteiger partial charge in [-0.05, 0) is 36.1 Å². The smallest absolute Gasteiger partial charge is 0.288 e. The van der Waals surface area contributed by atoms with Crippen LogP contribution >= 0.6 is 11.8 Å². The van der Waals surface area contributed by atoms with Crippen LogP contribution in [0.25, 0.3) is 11.0 Å². The molecule has 2 aromatic carbocycles. The van der Waals surface area contributed by atoms with Crippen LogP contribution in [0.5, 0.6) is 0 Å². The Bertz CT molecular complexity index is 976. The first kappa shape index (κ1) is 14.1. The number of fused-ring (bicyclic) bond motifs is 2. The lowest BCUT2D eigenvalue weighted by Gasteiger charge is -2.12. The molecule has 1 aliphatic rings. The van der Waals surface area contributed by atoms with Crippen molar-refractivity contribution in [2.24, 2.45) is 0 Å². The summed E-state index contributed by atoms with van der Waals surface area (Å²) in [6.07, 6.45) is 2.00. The van der Waals surface area contributed by atoms with Crippen LogP contribution in [0.1, 0.15) is 27.7 Å². The van der Waals surface area contributed by atoms with Crippen molar-refractivity contribution < 1.29 is 9.21 Å². The van der Waals surface area contributed by atoms with Crippen LogP contribution in [0.4, 0.5) is 0 Å². The molecule has 1 N–H and O–H groups in total. The van der Waals surface area contributed by atoms with Crippen LogP contribution in [-0.2, 0) is 0 Å². The number of nitrogens with one attached hydrogen (secondary N) is 1. The van der Waals surface area contributed by atoms with E-state index in [2.05, 4.69) is 5.32 Å². The van der Waals surface area contributed by atoms with Gasteiger partial charge in [-0.2, -0.15) is 0 Å². The first-order valence-electron chi connectivity index (χ1n) is 7.19. The summed E-state index contributed by atoms with van der Waals surface area (Å²) < 4.78 is 5.68. The van der Waals surface area contributed by atoms with Crippen LogP contribution in [-0.4, -0.2) is 12.2 Å². The van der Waals surface area contributed by atoms with Crippen molar-refractivity contribution in [1.82, 2.24) is 5.32 Å². The molecule has 23 heavy (non-hydrogen) atoms. The summed E-state index contributed by atoms with van der Waals surface area (Å²) in [5.41, 5.74) is 1.55. The molecule has 0 aliphatic carbocycles.